The molecule has 1 unspecified atom stereocenters. The third kappa shape index (κ3) is 3.97. The molecule has 1 atom stereocenters. The van der Waals surface area contributed by atoms with Gasteiger partial charge >= 0.3 is 5.69 Å². The molecule has 0 amide bonds. The number of aromatic nitrogens is 4. The number of benzene rings is 1. The van der Waals surface area contributed by atoms with Gasteiger partial charge in [-0.15, -0.1) is 0 Å². The van der Waals surface area contributed by atoms with E-state index in [1.807, 2.05) is 0 Å². The first-order chi connectivity index (χ1) is 11.3. The van der Waals surface area contributed by atoms with Crippen LogP contribution in [0.5, 0.6) is 0 Å². The highest BCUT2D eigenvalue weighted by molar-refractivity contribution is 7.70. The van der Waals surface area contributed by atoms with Gasteiger partial charge in [-0.05, 0) is 41.5 Å². The van der Waals surface area contributed by atoms with Crippen molar-refractivity contribution in [1.82, 2.24) is 24.5 Å². The number of thiol groups is 1. The van der Waals surface area contributed by atoms with Gasteiger partial charge in [0, 0.05) is 11.1 Å². The number of nitrogens with one attached hydrogen (secondary N) is 1. The van der Waals surface area contributed by atoms with Gasteiger partial charge in [0.2, 0.25) is 10.9 Å². The molecule has 0 aliphatic carbocycles. The third-order valence-electron chi connectivity index (χ3n) is 3.20. The standard InChI is InChI=1S/C12H14ClF2N5O3S/c1-7(16-24(22)23)8-5-11(10(15)6-9(8)13)20-12(21)19(17-18-20)4-2-3-14/h5-7,24H,2-4H2,1H3,(H,16,22,23). The fourth-order valence-electron chi connectivity index (χ4n) is 2.05. The van der Waals surface area contributed by atoms with Crippen molar-refractivity contribution in [1.29, 1.82) is 0 Å². The normalized spacial score (nSPS) is 12.7. The lowest BCUT2D eigenvalue weighted by molar-refractivity contribution is 0.427. The monoisotopic (exact) mass is 381 g/mol. The number of hydrogen-bond acceptors (Lipinski definition) is 5. The van der Waals surface area contributed by atoms with Crippen LogP contribution in [0.4, 0.5) is 8.78 Å². The lowest BCUT2D eigenvalue weighted by Gasteiger charge is -2.13. The summed E-state index contributed by atoms with van der Waals surface area (Å²) in [6, 6.07) is 1.43. The molecule has 0 spiro atoms. The van der Waals surface area contributed by atoms with E-state index in [0.29, 0.717) is 4.68 Å². The molecule has 132 valence electrons. The van der Waals surface area contributed by atoms with E-state index in [2.05, 4.69) is 15.1 Å². The molecule has 24 heavy (non-hydrogen) atoms. The quantitative estimate of drug-likeness (QED) is 0.690. The molecule has 0 aliphatic rings. The third-order valence-corrected chi connectivity index (χ3v) is 4.13. The summed E-state index contributed by atoms with van der Waals surface area (Å²) in [6.45, 7) is 0.885. The minimum atomic E-state index is -2.90. The fraction of sp³-hybridized carbons (Fsp3) is 0.417. The molecule has 2 aromatic rings. The number of nitrogens with zero attached hydrogens (tertiary/aromatic N) is 4. The maximum atomic E-state index is 14.2. The van der Waals surface area contributed by atoms with Crippen molar-refractivity contribution < 1.29 is 17.2 Å². The molecule has 1 N–H and O–H groups in total. The molecule has 1 aromatic carbocycles. The van der Waals surface area contributed by atoms with Crippen molar-refractivity contribution in [3.05, 3.63) is 39.0 Å². The van der Waals surface area contributed by atoms with Crippen LogP contribution in [-0.2, 0) is 17.4 Å². The van der Waals surface area contributed by atoms with Gasteiger partial charge in [-0.2, -0.15) is 9.36 Å². The zero-order valence-electron chi connectivity index (χ0n) is 12.4. The van der Waals surface area contributed by atoms with Crippen LogP contribution in [0, 0.1) is 5.82 Å². The van der Waals surface area contributed by atoms with Gasteiger partial charge in [-0.25, -0.2) is 22.3 Å². The summed E-state index contributed by atoms with van der Waals surface area (Å²) in [5.74, 6) is -0.831. The van der Waals surface area contributed by atoms with Crippen LogP contribution in [0.3, 0.4) is 0 Å². The van der Waals surface area contributed by atoms with E-state index in [9.17, 15) is 22.0 Å². The van der Waals surface area contributed by atoms with Crippen LogP contribution < -0.4 is 10.4 Å². The summed E-state index contributed by atoms with van der Waals surface area (Å²) in [4.78, 5) is 12.1. The average Bonchev–Trinajstić information content (AvgIpc) is 2.85. The maximum Gasteiger partial charge on any atom is 0.368 e. The molecule has 0 aliphatic heterocycles. The van der Waals surface area contributed by atoms with E-state index in [4.69, 9.17) is 11.6 Å². The van der Waals surface area contributed by atoms with Crippen LogP contribution in [0.2, 0.25) is 5.02 Å². The SMILES string of the molecule is CC(N[SH](=O)=O)c1cc(-n2nnn(CCCF)c2=O)c(F)cc1Cl. The predicted octanol–water partition coefficient (Wildman–Crippen LogP) is 0.758. The second kappa shape index (κ2) is 7.81. The molecular formula is C12H14ClF2N5O3S. The molecule has 8 nitrogen and oxygen atoms in total. The van der Waals surface area contributed by atoms with Crippen LogP contribution in [0.1, 0.15) is 24.9 Å². The summed E-state index contributed by atoms with van der Waals surface area (Å²) in [7, 11) is -2.90. The summed E-state index contributed by atoms with van der Waals surface area (Å²) >= 11 is 5.93. The molecule has 12 heteroatoms. The average molecular weight is 382 g/mol. The molecule has 0 fully saturated rings. The summed E-state index contributed by atoms with van der Waals surface area (Å²) in [6.07, 6.45) is 0.0739. The number of hydrogen-bond donors (Lipinski definition) is 2. The number of halogens is 3. The van der Waals surface area contributed by atoms with E-state index in [-0.39, 0.29) is 29.2 Å². The molecule has 0 saturated carbocycles. The van der Waals surface area contributed by atoms with Crippen molar-refractivity contribution in [2.45, 2.75) is 25.9 Å². The molecule has 2 rings (SSSR count). The number of alkyl halides is 1. The van der Waals surface area contributed by atoms with E-state index in [1.165, 1.54) is 13.0 Å². The topological polar surface area (TPSA) is 98.9 Å². The smallest absolute Gasteiger partial charge is 0.251 e. The number of aryl methyl sites for hydroxylation is 1. The van der Waals surface area contributed by atoms with Crippen molar-refractivity contribution in [3.8, 4) is 5.69 Å². The highest BCUT2D eigenvalue weighted by Gasteiger charge is 2.18. The molecular weight excluding hydrogens is 368 g/mol. The molecule has 1 aromatic heterocycles. The minimum Gasteiger partial charge on any atom is -0.251 e. The van der Waals surface area contributed by atoms with E-state index in [1.54, 1.807) is 0 Å². The van der Waals surface area contributed by atoms with Gasteiger partial charge in [-0.1, -0.05) is 11.6 Å². The molecule has 0 saturated heterocycles. The minimum absolute atomic E-state index is 0.00597. The Balaban J connectivity index is 2.47. The van der Waals surface area contributed by atoms with Gasteiger partial charge in [0.25, 0.3) is 0 Å². The molecule has 1 heterocycles. The predicted molar refractivity (Wildman–Crippen MR) is 83.0 cm³/mol. The van der Waals surface area contributed by atoms with Crippen LogP contribution in [0.15, 0.2) is 16.9 Å². The Bertz CT molecular complexity index is 859. The fourth-order valence-corrected chi connectivity index (χ4v) is 2.82. The van der Waals surface area contributed by atoms with E-state index < -0.39 is 35.1 Å². The van der Waals surface area contributed by atoms with Crippen molar-refractivity contribution in [3.63, 3.8) is 0 Å². The first-order valence-corrected chi connectivity index (χ1v) is 8.39. The van der Waals surface area contributed by atoms with Crippen LogP contribution in [-0.4, -0.2) is 34.9 Å². The second-order valence-electron chi connectivity index (χ2n) is 4.87. The van der Waals surface area contributed by atoms with Gasteiger partial charge in [-0.3, -0.25) is 4.39 Å². The van der Waals surface area contributed by atoms with E-state index in [0.717, 1.165) is 10.7 Å². The Morgan fingerprint density at radius 1 is 1.38 bits per heavy atom. The summed E-state index contributed by atoms with van der Waals surface area (Å²) in [5, 5.41) is 7.11. The Kier molecular flexibility index (Phi) is 6.02. The zero-order chi connectivity index (χ0) is 17.9. The first kappa shape index (κ1) is 18.5. The maximum absolute atomic E-state index is 14.2. The Hall–Kier alpha value is -1.85. The van der Waals surface area contributed by atoms with Gasteiger partial charge in [0.05, 0.1) is 13.2 Å². The van der Waals surface area contributed by atoms with Gasteiger partial charge < -0.3 is 0 Å². The van der Waals surface area contributed by atoms with Gasteiger partial charge in [0.15, 0.2) is 5.82 Å². The van der Waals surface area contributed by atoms with Crippen LogP contribution in [0.25, 0.3) is 5.69 Å². The van der Waals surface area contributed by atoms with Crippen LogP contribution >= 0.6 is 11.6 Å². The summed E-state index contributed by atoms with van der Waals surface area (Å²) in [5.41, 5.74) is -0.718. The van der Waals surface area contributed by atoms with Crippen molar-refractivity contribution in [2.24, 2.45) is 0 Å². The molecule has 0 bridgehead atoms. The zero-order valence-corrected chi connectivity index (χ0v) is 14.1. The Morgan fingerprint density at radius 3 is 2.71 bits per heavy atom. The second-order valence-corrected chi connectivity index (χ2v) is 6.05. The Morgan fingerprint density at radius 2 is 2.08 bits per heavy atom. The highest BCUT2D eigenvalue weighted by atomic mass is 35.5. The Labute approximate surface area is 142 Å². The first-order valence-electron chi connectivity index (χ1n) is 6.83. The van der Waals surface area contributed by atoms with Crippen molar-refractivity contribution in [2.75, 3.05) is 6.67 Å². The highest BCUT2D eigenvalue weighted by Crippen LogP contribution is 2.27. The molecule has 0 radical (unpaired) electrons. The largest absolute Gasteiger partial charge is 0.368 e. The van der Waals surface area contributed by atoms with E-state index >= 15 is 0 Å². The lowest BCUT2D eigenvalue weighted by Crippen LogP contribution is -2.25. The summed E-state index contributed by atoms with van der Waals surface area (Å²) < 4.78 is 51.7. The lowest BCUT2D eigenvalue weighted by atomic mass is 10.1. The number of rotatable bonds is 7. The van der Waals surface area contributed by atoms with Crippen molar-refractivity contribution >= 4 is 22.5 Å². The number of tetrazole rings is 1. The van der Waals surface area contributed by atoms with Gasteiger partial charge in [0.1, 0.15) is 5.69 Å².